The van der Waals surface area contributed by atoms with E-state index in [2.05, 4.69) is 31.9 Å². The summed E-state index contributed by atoms with van der Waals surface area (Å²) in [5, 5.41) is 0. The predicted molar refractivity (Wildman–Crippen MR) is 139 cm³/mol. The van der Waals surface area contributed by atoms with Crippen LogP contribution in [0.25, 0.3) is 6.08 Å². The summed E-state index contributed by atoms with van der Waals surface area (Å²) in [7, 11) is 0. The summed E-state index contributed by atoms with van der Waals surface area (Å²) >= 11 is 13.8. The Morgan fingerprint density at radius 2 is 1.69 bits per heavy atom. The minimum absolute atomic E-state index is 0.146. The predicted octanol–water partition coefficient (Wildman–Crippen LogP) is 7.64. The van der Waals surface area contributed by atoms with E-state index in [4.69, 9.17) is 17.0 Å². The van der Waals surface area contributed by atoms with Crippen LogP contribution in [0.2, 0.25) is 0 Å². The molecule has 1 aliphatic heterocycles. The molecule has 0 saturated carbocycles. The second-order valence-electron chi connectivity index (χ2n) is 7.08. The zero-order valence-corrected chi connectivity index (χ0v) is 21.6. The standard InChI is InChI=1S/C24H16Br2FNO2S2/c1-14-2-8-18(9-3-14)28-23(29)21(32-24(28)31)12-16-10-19(25)22(20(26)11-16)30-13-15-4-6-17(27)7-5-15/h2-12H,13H2,1H3/b21-12+. The van der Waals surface area contributed by atoms with Gasteiger partial charge >= 0.3 is 0 Å². The Kier molecular flexibility index (Phi) is 7.14. The third kappa shape index (κ3) is 5.14. The lowest BCUT2D eigenvalue weighted by molar-refractivity contribution is -0.113. The number of carbonyl (C=O) groups excluding carboxylic acids is 1. The molecule has 4 rings (SSSR count). The maximum Gasteiger partial charge on any atom is 0.270 e. The molecule has 0 unspecified atom stereocenters. The Balaban J connectivity index is 1.54. The maximum absolute atomic E-state index is 13.1. The van der Waals surface area contributed by atoms with E-state index in [0.717, 1.165) is 31.3 Å². The number of halogens is 3. The second-order valence-corrected chi connectivity index (χ2v) is 10.5. The van der Waals surface area contributed by atoms with Gasteiger partial charge in [-0.25, -0.2) is 4.39 Å². The number of rotatable bonds is 5. The SMILES string of the molecule is Cc1ccc(N2C(=O)/C(=C\c3cc(Br)c(OCc4ccc(F)cc4)c(Br)c3)SC2=S)cc1. The van der Waals surface area contributed by atoms with Gasteiger partial charge in [-0.15, -0.1) is 0 Å². The van der Waals surface area contributed by atoms with E-state index in [0.29, 0.717) is 21.6 Å². The average Bonchev–Trinajstić information content (AvgIpc) is 3.02. The van der Waals surface area contributed by atoms with Crippen molar-refractivity contribution in [2.24, 2.45) is 0 Å². The molecule has 3 aromatic rings. The van der Waals surface area contributed by atoms with Crippen molar-refractivity contribution in [3.05, 3.63) is 97.0 Å². The van der Waals surface area contributed by atoms with Gasteiger partial charge in [0.1, 0.15) is 18.2 Å². The Morgan fingerprint density at radius 3 is 2.31 bits per heavy atom. The van der Waals surface area contributed by atoms with Crippen LogP contribution in [0.3, 0.4) is 0 Å². The topological polar surface area (TPSA) is 29.5 Å². The summed E-state index contributed by atoms with van der Waals surface area (Å²) in [6.45, 7) is 2.29. The highest BCUT2D eigenvalue weighted by Crippen LogP contribution is 2.39. The van der Waals surface area contributed by atoms with Crippen LogP contribution >= 0.6 is 55.8 Å². The van der Waals surface area contributed by atoms with Crippen LogP contribution < -0.4 is 9.64 Å². The number of aryl methyl sites for hydroxylation is 1. The van der Waals surface area contributed by atoms with Crippen molar-refractivity contribution in [2.45, 2.75) is 13.5 Å². The second kappa shape index (κ2) is 9.87. The number of amides is 1. The first-order valence-corrected chi connectivity index (χ1v) is 12.3. The maximum atomic E-state index is 13.1. The molecule has 32 heavy (non-hydrogen) atoms. The molecule has 3 aromatic carbocycles. The van der Waals surface area contributed by atoms with Gasteiger partial charge in [-0.2, -0.15) is 0 Å². The minimum Gasteiger partial charge on any atom is -0.487 e. The summed E-state index contributed by atoms with van der Waals surface area (Å²) in [5.41, 5.74) is 3.55. The Hall–Kier alpha value is -2.00. The molecule has 0 spiro atoms. The first-order chi connectivity index (χ1) is 15.3. The van der Waals surface area contributed by atoms with E-state index in [9.17, 15) is 9.18 Å². The quantitative estimate of drug-likeness (QED) is 0.225. The number of ether oxygens (including phenoxy) is 1. The molecule has 1 heterocycles. The first-order valence-electron chi connectivity index (χ1n) is 9.53. The zero-order chi connectivity index (χ0) is 22.8. The molecule has 1 amide bonds. The van der Waals surface area contributed by atoms with Gasteiger partial charge in [0.2, 0.25) is 0 Å². The Morgan fingerprint density at radius 1 is 1.06 bits per heavy atom. The lowest BCUT2D eigenvalue weighted by Crippen LogP contribution is -2.27. The van der Waals surface area contributed by atoms with Crippen molar-refractivity contribution in [1.82, 2.24) is 0 Å². The van der Waals surface area contributed by atoms with Crippen LogP contribution in [0.1, 0.15) is 16.7 Å². The fraction of sp³-hybridized carbons (Fsp3) is 0.0833. The first kappa shape index (κ1) is 23.2. The lowest BCUT2D eigenvalue weighted by Gasteiger charge is -2.14. The largest absolute Gasteiger partial charge is 0.487 e. The van der Waals surface area contributed by atoms with Gasteiger partial charge in [0.05, 0.1) is 19.5 Å². The Labute approximate surface area is 211 Å². The van der Waals surface area contributed by atoms with E-state index in [1.54, 1.807) is 17.0 Å². The van der Waals surface area contributed by atoms with Crippen molar-refractivity contribution in [2.75, 3.05) is 4.90 Å². The highest BCUT2D eigenvalue weighted by Gasteiger charge is 2.33. The van der Waals surface area contributed by atoms with Gasteiger partial charge in [-0.1, -0.05) is 53.8 Å². The smallest absolute Gasteiger partial charge is 0.270 e. The summed E-state index contributed by atoms with van der Waals surface area (Å²) in [6.07, 6.45) is 1.81. The molecular weight excluding hydrogens is 577 g/mol. The van der Waals surface area contributed by atoms with Crippen molar-refractivity contribution >= 4 is 77.8 Å². The summed E-state index contributed by atoms with van der Waals surface area (Å²) in [6, 6.07) is 17.6. The summed E-state index contributed by atoms with van der Waals surface area (Å²) in [5.74, 6) is 0.194. The molecular formula is C24H16Br2FNO2S2. The molecule has 0 bridgehead atoms. The van der Waals surface area contributed by atoms with Crippen LogP contribution in [0.5, 0.6) is 5.75 Å². The van der Waals surface area contributed by atoms with E-state index in [-0.39, 0.29) is 11.7 Å². The fourth-order valence-corrected chi connectivity index (χ4v) is 5.82. The summed E-state index contributed by atoms with van der Waals surface area (Å²) in [4.78, 5) is 15.1. The van der Waals surface area contributed by atoms with Gasteiger partial charge < -0.3 is 4.74 Å². The molecule has 0 N–H and O–H groups in total. The van der Waals surface area contributed by atoms with E-state index in [1.165, 1.54) is 23.9 Å². The highest BCUT2D eigenvalue weighted by molar-refractivity contribution is 9.11. The highest BCUT2D eigenvalue weighted by atomic mass is 79.9. The van der Waals surface area contributed by atoms with E-state index < -0.39 is 0 Å². The molecule has 1 aliphatic rings. The van der Waals surface area contributed by atoms with Gasteiger partial charge in [0, 0.05) is 0 Å². The van der Waals surface area contributed by atoms with Crippen molar-refractivity contribution in [3.8, 4) is 5.75 Å². The van der Waals surface area contributed by atoms with Gasteiger partial charge in [0.25, 0.3) is 5.91 Å². The number of nitrogens with zero attached hydrogens (tertiary/aromatic N) is 1. The van der Waals surface area contributed by atoms with Crippen molar-refractivity contribution in [3.63, 3.8) is 0 Å². The van der Waals surface area contributed by atoms with Crippen LogP contribution in [0, 0.1) is 12.7 Å². The number of anilines is 1. The normalized spacial score (nSPS) is 15.0. The molecule has 8 heteroatoms. The molecule has 162 valence electrons. The molecule has 0 aliphatic carbocycles. The number of thioether (sulfide) groups is 1. The number of benzene rings is 3. The number of hydrogen-bond acceptors (Lipinski definition) is 4. The fourth-order valence-electron chi connectivity index (χ4n) is 3.07. The third-order valence-electron chi connectivity index (χ3n) is 4.70. The Bertz CT molecular complexity index is 1200. The average molecular weight is 593 g/mol. The van der Waals surface area contributed by atoms with Crippen LogP contribution in [-0.4, -0.2) is 10.2 Å². The molecule has 0 radical (unpaired) electrons. The molecule has 1 saturated heterocycles. The molecule has 0 atom stereocenters. The van der Waals surface area contributed by atoms with Crippen LogP contribution in [-0.2, 0) is 11.4 Å². The monoisotopic (exact) mass is 591 g/mol. The van der Waals surface area contributed by atoms with Crippen LogP contribution in [0.15, 0.2) is 74.5 Å². The summed E-state index contributed by atoms with van der Waals surface area (Å²) < 4.78 is 20.9. The van der Waals surface area contributed by atoms with Crippen LogP contribution in [0.4, 0.5) is 10.1 Å². The number of carbonyl (C=O) groups is 1. The van der Waals surface area contributed by atoms with E-state index in [1.807, 2.05) is 49.4 Å². The van der Waals surface area contributed by atoms with Crippen molar-refractivity contribution < 1.29 is 13.9 Å². The van der Waals surface area contributed by atoms with Crippen molar-refractivity contribution in [1.29, 1.82) is 0 Å². The zero-order valence-electron chi connectivity index (χ0n) is 16.8. The molecule has 0 aromatic heterocycles. The molecule has 3 nitrogen and oxygen atoms in total. The lowest BCUT2D eigenvalue weighted by atomic mass is 10.2. The minimum atomic E-state index is -0.284. The van der Waals surface area contributed by atoms with Gasteiger partial charge in [-0.05, 0) is 92.4 Å². The number of thiocarbonyl (C=S) groups is 1. The number of hydrogen-bond donors (Lipinski definition) is 0. The molecule has 1 fully saturated rings. The van der Waals surface area contributed by atoms with E-state index >= 15 is 0 Å². The third-order valence-corrected chi connectivity index (χ3v) is 7.18. The van der Waals surface area contributed by atoms with Gasteiger partial charge in [0.15, 0.2) is 4.32 Å². The van der Waals surface area contributed by atoms with Gasteiger partial charge in [-0.3, -0.25) is 9.69 Å².